The van der Waals surface area contributed by atoms with Gasteiger partial charge in [-0.05, 0) is 42.8 Å². The fraction of sp³-hybridized carbons (Fsp3) is 0.174. The Hall–Kier alpha value is -3.67. The quantitative estimate of drug-likeness (QED) is 0.615. The lowest BCUT2D eigenvalue weighted by Crippen LogP contribution is -2.23. The first kappa shape index (κ1) is 20.1. The lowest BCUT2D eigenvalue weighted by molar-refractivity contribution is 0.0600. The fourth-order valence-electron chi connectivity index (χ4n) is 2.93. The third kappa shape index (κ3) is 5.19. The van der Waals surface area contributed by atoms with Gasteiger partial charge in [-0.1, -0.05) is 30.3 Å². The maximum absolute atomic E-state index is 12.6. The molecule has 0 unspecified atom stereocenters. The highest BCUT2D eigenvalue weighted by Crippen LogP contribution is 2.19. The van der Waals surface area contributed by atoms with Gasteiger partial charge in [0.25, 0.3) is 5.91 Å². The molecule has 0 aliphatic rings. The van der Waals surface area contributed by atoms with Gasteiger partial charge in [-0.2, -0.15) is 0 Å². The Bertz CT molecular complexity index is 972. The molecule has 148 valence electrons. The van der Waals surface area contributed by atoms with E-state index in [-0.39, 0.29) is 5.91 Å². The zero-order valence-corrected chi connectivity index (χ0v) is 16.5. The molecule has 0 radical (unpaired) electrons. The summed E-state index contributed by atoms with van der Waals surface area (Å²) in [5, 5.41) is 2.83. The van der Waals surface area contributed by atoms with Crippen molar-refractivity contribution in [1.82, 2.24) is 4.98 Å². The van der Waals surface area contributed by atoms with Crippen LogP contribution in [0.3, 0.4) is 0 Å². The highest BCUT2D eigenvalue weighted by atomic mass is 16.5. The molecule has 6 nitrogen and oxygen atoms in total. The van der Waals surface area contributed by atoms with Crippen molar-refractivity contribution in [2.75, 3.05) is 23.9 Å². The van der Waals surface area contributed by atoms with Gasteiger partial charge >= 0.3 is 5.97 Å². The number of carbonyl (C=O) groups excluding carboxylic acids is 2. The van der Waals surface area contributed by atoms with E-state index in [0.717, 1.165) is 18.8 Å². The summed E-state index contributed by atoms with van der Waals surface area (Å²) < 4.78 is 4.68. The largest absolute Gasteiger partial charge is 0.465 e. The van der Waals surface area contributed by atoms with E-state index in [2.05, 4.69) is 39.0 Å². The highest BCUT2D eigenvalue weighted by Gasteiger charge is 2.12. The van der Waals surface area contributed by atoms with Gasteiger partial charge < -0.3 is 15.0 Å². The fourth-order valence-corrected chi connectivity index (χ4v) is 2.93. The maximum Gasteiger partial charge on any atom is 0.337 e. The number of nitrogens with zero attached hydrogens (tertiary/aromatic N) is 2. The normalized spacial score (nSPS) is 10.3. The summed E-state index contributed by atoms with van der Waals surface area (Å²) in [7, 11) is 1.33. The van der Waals surface area contributed by atoms with Gasteiger partial charge in [0.05, 0.1) is 30.1 Å². The monoisotopic (exact) mass is 389 g/mol. The zero-order valence-electron chi connectivity index (χ0n) is 16.5. The van der Waals surface area contributed by atoms with Crippen molar-refractivity contribution in [2.24, 2.45) is 0 Å². The van der Waals surface area contributed by atoms with Crippen LogP contribution >= 0.6 is 0 Å². The predicted octanol–water partition coefficient (Wildman–Crippen LogP) is 4.15. The summed E-state index contributed by atoms with van der Waals surface area (Å²) in [5.41, 5.74) is 3.55. The van der Waals surface area contributed by atoms with Gasteiger partial charge in [0.2, 0.25) is 0 Å². The van der Waals surface area contributed by atoms with Crippen LogP contribution in [0.25, 0.3) is 0 Å². The van der Waals surface area contributed by atoms with E-state index in [1.807, 2.05) is 24.3 Å². The van der Waals surface area contributed by atoms with Crippen LogP contribution in [0, 0.1) is 0 Å². The van der Waals surface area contributed by atoms with Gasteiger partial charge in [-0.3, -0.25) is 9.78 Å². The Balaban J connectivity index is 1.72. The molecule has 1 amide bonds. The van der Waals surface area contributed by atoms with Crippen molar-refractivity contribution >= 4 is 23.3 Å². The molecule has 0 fully saturated rings. The number of esters is 1. The van der Waals surface area contributed by atoms with Crippen molar-refractivity contribution in [2.45, 2.75) is 13.5 Å². The molecule has 1 N–H and O–H groups in total. The smallest absolute Gasteiger partial charge is 0.337 e. The van der Waals surface area contributed by atoms with E-state index in [9.17, 15) is 9.59 Å². The Kier molecular flexibility index (Phi) is 6.58. The second-order valence-corrected chi connectivity index (χ2v) is 6.45. The number of aromatic nitrogens is 1. The molecule has 0 atom stereocenters. The van der Waals surface area contributed by atoms with Gasteiger partial charge in [-0.15, -0.1) is 0 Å². The van der Waals surface area contributed by atoms with E-state index < -0.39 is 5.97 Å². The lowest BCUT2D eigenvalue weighted by Gasteiger charge is -2.23. The average Bonchev–Trinajstić information content (AvgIpc) is 2.78. The number of nitrogens with one attached hydrogen (secondary N) is 1. The molecule has 0 spiro atoms. The highest BCUT2D eigenvalue weighted by molar-refractivity contribution is 6.04. The second kappa shape index (κ2) is 9.50. The maximum atomic E-state index is 12.6. The summed E-state index contributed by atoms with van der Waals surface area (Å²) >= 11 is 0. The molecule has 0 aliphatic heterocycles. The van der Waals surface area contributed by atoms with Crippen LogP contribution in [-0.4, -0.2) is 30.5 Å². The molecule has 1 aromatic heterocycles. The molecule has 3 aromatic rings. The Morgan fingerprint density at radius 2 is 1.72 bits per heavy atom. The third-order valence-electron chi connectivity index (χ3n) is 4.51. The Labute approximate surface area is 170 Å². The SMILES string of the molecule is CCN(Cc1ccccc1)c1cncc(C(=O)Nc2ccc(C(=O)OC)cc2)c1. The third-order valence-corrected chi connectivity index (χ3v) is 4.51. The van der Waals surface area contributed by atoms with E-state index >= 15 is 0 Å². The van der Waals surface area contributed by atoms with Crippen molar-refractivity contribution in [3.05, 3.63) is 89.7 Å². The predicted molar refractivity (Wildman–Crippen MR) is 113 cm³/mol. The number of amides is 1. The summed E-state index contributed by atoms with van der Waals surface area (Å²) in [6, 6.07) is 18.5. The van der Waals surface area contributed by atoms with Gasteiger partial charge in [0, 0.05) is 25.0 Å². The van der Waals surface area contributed by atoms with Crippen LogP contribution in [0.4, 0.5) is 11.4 Å². The molecule has 0 bridgehead atoms. The number of benzene rings is 2. The molecule has 0 saturated carbocycles. The first-order chi connectivity index (χ1) is 14.1. The molecule has 0 aliphatic carbocycles. The minimum Gasteiger partial charge on any atom is -0.465 e. The molecule has 2 aromatic carbocycles. The van der Waals surface area contributed by atoms with Crippen LogP contribution in [0.1, 0.15) is 33.2 Å². The van der Waals surface area contributed by atoms with Crippen molar-refractivity contribution in [3.8, 4) is 0 Å². The molecule has 0 saturated heterocycles. The van der Waals surface area contributed by atoms with Crippen LogP contribution in [0.15, 0.2) is 73.1 Å². The van der Waals surface area contributed by atoms with E-state index in [0.29, 0.717) is 16.8 Å². The lowest BCUT2D eigenvalue weighted by atomic mass is 10.1. The minimum atomic E-state index is -0.419. The summed E-state index contributed by atoms with van der Waals surface area (Å²) in [5.74, 6) is -0.682. The number of anilines is 2. The summed E-state index contributed by atoms with van der Waals surface area (Å²) in [6.07, 6.45) is 3.30. The molecule has 29 heavy (non-hydrogen) atoms. The standard InChI is InChI=1S/C23H23N3O3/c1-3-26(16-17-7-5-4-6-8-17)21-13-19(14-24-15-21)22(27)25-20-11-9-18(10-12-20)23(28)29-2/h4-15H,3,16H2,1-2H3,(H,25,27). The molecule has 6 heteroatoms. The van der Waals surface area contributed by atoms with Crippen molar-refractivity contribution in [3.63, 3.8) is 0 Å². The minimum absolute atomic E-state index is 0.263. The number of hydrogen-bond donors (Lipinski definition) is 1. The number of methoxy groups -OCH3 is 1. The topological polar surface area (TPSA) is 71.5 Å². The molecular formula is C23H23N3O3. The average molecular weight is 389 g/mol. The number of rotatable bonds is 7. The number of carbonyl (C=O) groups is 2. The van der Waals surface area contributed by atoms with Crippen LogP contribution in [0.2, 0.25) is 0 Å². The second-order valence-electron chi connectivity index (χ2n) is 6.45. The molecule has 1 heterocycles. The number of pyridine rings is 1. The van der Waals surface area contributed by atoms with Gasteiger partial charge in [-0.25, -0.2) is 4.79 Å². The van der Waals surface area contributed by atoms with E-state index in [4.69, 9.17) is 0 Å². The molecular weight excluding hydrogens is 366 g/mol. The van der Waals surface area contributed by atoms with Crippen LogP contribution in [0.5, 0.6) is 0 Å². The van der Waals surface area contributed by atoms with Gasteiger partial charge in [0.1, 0.15) is 0 Å². The van der Waals surface area contributed by atoms with Crippen molar-refractivity contribution < 1.29 is 14.3 Å². The van der Waals surface area contributed by atoms with Crippen LogP contribution < -0.4 is 10.2 Å². The summed E-state index contributed by atoms with van der Waals surface area (Å²) in [6.45, 7) is 3.59. The molecule has 3 rings (SSSR count). The first-order valence-electron chi connectivity index (χ1n) is 9.34. The zero-order chi connectivity index (χ0) is 20.6. The van der Waals surface area contributed by atoms with Gasteiger partial charge in [0.15, 0.2) is 0 Å². The summed E-state index contributed by atoms with van der Waals surface area (Å²) in [4.78, 5) is 30.6. The number of hydrogen-bond acceptors (Lipinski definition) is 5. The van der Waals surface area contributed by atoms with Crippen LogP contribution in [-0.2, 0) is 11.3 Å². The first-order valence-corrected chi connectivity index (χ1v) is 9.34. The van der Waals surface area contributed by atoms with Crippen molar-refractivity contribution in [1.29, 1.82) is 0 Å². The Morgan fingerprint density at radius 3 is 2.38 bits per heavy atom. The Morgan fingerprint density at radius 1 is 1.00 bits per heavy atom. The van der Waals surface area contributed by atoms with E-state index in [1.54, 1.807) is 30.5 Å². The number of ether oxygens (including phenoxy) is 1. The van der Waals surface area contributed by atoms with E-state index in [1.165, 1.54) is 18.9 Å².